The molecule has 0 heterocycles. The van der Waals surface area contributed by atoms with Gasteiger partial charge in [0.25, 0.3) is 0 Å². The van der Waals surface area contributed by atoms with E-state index in [2.05, 4.69) is 0 Å². The van der Waals surface area contributed by atoms with E-state index < -0.39 is 0 Å². The molecule has 54 valence electrons. The third kappa shape index (κ3) is 1.00. The molecule has 0 radical (unpaired) electrons. The summed E-state index contributed by atoms with van der Waals surface area (Å²) in [5.74, 6) is 1.08. The Morgan fingerprint density at radius 3 is 3.10 bits per heavy atom. The number of hydrogen-bond donors (Lipinski definition) is 0. The molecule has 0 saturated heterocycles. The summed E-state index contributed by atoms with van der Waals surface area (Å²) in [6.07, 6.45) is 7.68. The Morgan fingerprint density at radius 1 is 1.40 bits per heavy atom. The first-order chi connectivity index (χ1) is 4.84. The van der Waals surface area contributed by atoms with Crippen molar-refractivity contribution in [3.05, 3.63) is 11.6 Å². The third-order valence-corrected chi connectivity index (χ3v) is 2.52. The highest BCUT2D eigenvalue weighted by Crippen LogP contribution is 2.34. The molecule has 2 aliphatic rings. The van der Waals surface area contributed by atoms with Crippen LogP contribution in [0.5, 0.6) is 0 Å². The van der Waals surface area contributed by atoms with Crippen LogP contribution in [0.15, 0.2) is 11.6 Å². The van der Waals surface area contributed by atoms with Crippen LogP contribution in [0.4, 0.5) is 0 Å². The normalized spacial score (nSPS) is 31.8. The predicted octanol–water partition coefficient (Wildman–Crippen LogP) is 2.08. The van der Waals surface area contributed by atoms with Crippen molar-refractivity contribution >= 4 is 5.78 Å². The van der Waals surface area contributed by atoms with Crippen molar-refractivity contribution in [2.75, 3.05) is 0 Å². The minimum atomic E-state index is 0.367. The molecule has 0 spiro atoms. The lowest BCUT2D eigenvalue weighted by atomic mass is 9.78. The molecule has 1 atom stereocenters. The van der Waals surface area contributed by atoms with E-state index >= 15 is 0 Å². The fourth-order valence-corrected chi connectivity index (χ4v) is 2.07. The Bertz CT molecular complexity index is 191. The maximum atomic E-state index is 11.0. The highest BCUT2D eigenvalue weighted by atomic mass is 16.1. The SMILES string of the molecule is O=C1C=C2CCCC(C1)C2. The maximum absolute atomic E-state index is 11.0. The molecule has 1 heteroatoms. The number of carbonyl (C=O) groups is 1. The zero-order valence-electron chi connectivity index (χ0n) is 6.10. The topological polar surface area (TPSA) is 17.1 Å². The molecule has 0 aliphatic heterocycles. The fourth-order valence-electron chi connectivity index (χ4n) is 2.07. The van der Waals surface area contributed by atoms with E-state index in [9.17, 15) is 4.79 Å². The van der Waals surface area contributed by atoms with E-state index in [1.165, 1.54) is 31.3 Å². The van der Waals surface area contributed by atoms with Gasteiger partial charge in [-0.2, -0.15) is 0 Å². The van der Waals surface area contributed by atoms with Crippen LogP contribution < -0.4 is 0 Å². The predicted molar refractivity (Wildman–Crippen MR) is 39.7 cm³/mol. The molecular formula is C9H12O. The van der Waals surface area contributed by atoms with Gasteiger partial charge in [0, 0.05) is 6.42 Å². The molecule has 0 amide bonds. The van der Waals surface area contributed by atoms with Crippen molar-refractivity contribution in [1.82, 2.24) is 0 Å². The summed E-state index contributed by atoms with van der Waals surface area (Å²) in [4.78, 5) is 11.0. The Hall–Kier alpha value is -0.590. The summed E-state index contributed by atoms with van der Waals surface area (Å²) in [7, 11) is 0. The summed E-state index contributed by atoms with van der Waals surface area (Å²) < 4.78 is 0. The van der Waals surface area contributed by atoms with Gasteiger partial charge in [-0.25, -0.2) is 0 Å². The van der Waals surface area contributed by atoms with Crippen molar-refractivity contribution in [1.29, 1.82) is 0 Å². The quantitative estimate of drug-likeness (QED) is 0.498. The van der Waals surface area contributed by atoms with Gasteiger partial charge in [0.15, 0.2) is 5.78 Å². The molecule has 1 saturated carbocycles. The van der Waals surface area contributed by atoms with E-state index in [4.69, 9.17) is 0 Å². The van der Waals surface area contributed by atoms with Crippen LogP contribution in [0.2, 0.25) is 0 Å². The van der Waals surface area contributed by atoms with Gasteiger partial charge in [0.05, 0.1) is 0 Å². The summed E-state index contributed by atoms with van der Waals surface area (Å²) >= 11 is 0. The van der Waals surface area contributed by atoms with E-state index in [1.54, 1.807) is 0 Å². The van der Waals surface area contributed by atoms with Crippen LogP contribution in [0.3, 0.4) is 0 Å². The minimum absolute atomic E-state index is 0.367. The molecule has 0 N–H and O–H groups in total. The van der Waals surface area contributed by atoms with Crippen LogP contribution in [0.25, 0.3) is 0 Å². The second-order valence-corrected chi connectivity index (χ2v) is 3.44. The lowest BCUT2D eigenvalue weighted by molar-refractivity contribution is -0.116. The third-order valence-electron chi connectivity index (χ3n) is 2.52. The van der Waals surface area contributed by atoms with Crippen molar-refractivity contribution in [3.8, 4) is 0 Å². The van der Waals surface area contributed by atoms with Gasteiger partial charge in [0.1, 0.15) is 0 Å². The Labute approximate surface area is 61.1 Å². The molecule has 10 heavy (non-hydrogen) atoms. The standard InChI is InChI=1S/C9H12O/c10-9-5-7-2-1-3-8(4-7)6-9/h5,8H,1-4,6H2. The largest absolute Gasteiger partial charge is 0.295 e. The van der Waals surface area contributed by atoms with Gasteiger partial charge >= 0.3 is 0 Å². The number of fused-ring (bicyclic) bond motifs is 2. The van der Waals surface area contributed by atoms with Crippen LogP contribution in [0, 0.1) is 5.92 Å². The van der Waals surface area contributed by atoms with E-state index in [-0.39, 0.29) is 0 Å². The molecule has 1 fully saturated rings. The second kappa shape index (κ2) is 2.22. The molecule has 0 aromatic carbocycles. The first-order valence-electron chi connectivity index (χ1n) is 4.07. The van der Waals surface area contributed by atoms with Crippen LogP contribution in [0.1, 0.15) is 32.1 Å². The second-order valence-electron chi connectivity index (χ2n) is 3.44. The Balaban J connectivity index is 2.23. The Kier molecular flexibility index (Phi) is 1.37. The van der Waals surface area contributed by atoms with E-state index in [0.29, 0.717) is 11.7 Å². The number of allylic oxidation sites excluding steroid dienone is 2. The molecule has 2 aliphatic carbocycles. The van der Waals surface area contributed by atoms with Crippen molar-refractivity contribution in [3.63, 3.8) is 0 Å². The minimum Gasteiger partial charge on any atom is -0.295 e. The van der Waals surface area contributed by atoms with Gasteiger partial charge in [0.2, 0.25) is 0 Å². The van der Waals surface area contributed by atoms with Gasteiger partial charge in [-0.15, -0.1) is 0 Å². The molecule has 0 aromatic heterocycles. The zero-order valence-corrected chi connectivity index (χ0v) is 6.10. The summed E-state index contributed by atoms with van der Waals surface area (Å²) in [5.41, 5.74) is 1.41. The first-order valence-corrected chi connectivity index (χ1v) is 4.07. The summed E-state index contributed by atoms with van der Waals surface area (Å²) in [5, 5.41) is 0. The molecule has 2 rings (SSSR count). The van der Waals surface area contributed by atoms with Gasteiger partial charge in [-0.05, 0) is 37.7 Å². The zero-order chi connectivity index (χ0) is 6.97. The molecular weight excluding hydrogens is 124 g/mol. The molecule has 1 nitrogen and oxygen atoms in total. The first kappa shape index (κ1) is 6.14. The van der Waals surface area contributed by atoms with Crippen molar-refractivity contribution in [2.24, 2.45) is 5.92 Å². The van der Waals surface area contributed by atoms with Crippen molar-refractivity contribution in [2.45, 2.75) is 32.1 Å². The van der Waals surface area contributed by atoms with Gasteiger partial charge in [-0.3, -0.25) is 4.79 Å². The number of ketones is 1. The molecule has 2 bridgehead atoms. The maximum Gasteiger partial charge on any atom is 0.155 e. The molecule has 0 aromatic rings. The Morgan fingerprint density at radius 2 is 2.30 bits per heavy atom. The lowest BCUT2D eigenvalue weighted by Gasteiger charge is -2.26. The lowest BCUT2D eigenvalue weighted by Crippen LogP contribution is -2.17. The van der Waals surface area contributed by atoms with Gasteiger partial charge < -0.3 is 0 Å². The number of hydrogen-bond acceptors (Lipinski definition) is 1. The smallest absolute Gasteiger partial charge is 0.155 e. The molecule has 1 unspecified atom stereocenters. The highest BCUT2D eigenvalue weighted by molar-refractivity contribution is 5.91. The summed E-state index contributed by atoms with van der Waals surface area (Å²) in [6, 6.07) is 0. The number of rotatable bonds is 0. The van der Waals surface area contributed by atoms with E-state index in [1.807, 2.05) is 6.08 Å². The summed E-state index contributed by atoms with van der Waals surface area (Å²) in [6.45, 7) is 0. The fraction of sp³-hybridized carbons (Fsp3) is 0.667. The van der Waals surface area contributed by atoms with Crippen LogP contribution in [-0.4, -0.2) is 5.78 Å². The van der Waals surface area contributed by atoms with Crippen molar-refractivity contribution < 1.29 is 4.79 Å². The van der Waals surface area contributed by atoms with Crippen LogP contribution in [-0.2, 0) is 4.79 Å². The average Bonchev–Trinajstić information content (AvgIpc) is 1.85. The monoisotopic (exact) mass is 136 g/mol. The highest BCUT2D eigenvalue weighted by Gasteiger charge is 2.23. The van der Waals surface area contributed by atoms with E-state index in [0.717, 1.165) is 6.42 Å². The average molecular weight is 136 g/mol. The number of carbonyl (C=O) groups excluding carboxylic acids is 1. The van der Waals surface area contributed by atoms with Gasteiger partial charge in [-0.1, -0.05) is 5.57 Å². The van der Waals surface area contributed by atoms with Crippen LogP contribution >= 0.6 is 0 Å².